The van der Waals surface area contributed by atoms with Gasteiger partial charge in [-0.15, -0.1) is 0 Å². The minimum Gasteiger partial charge on any atom is -0.392 e. The first-order valence-electron chi connectivity index (χ1n) is 6.78. The lowest BCUT2D eigenvalue weighted by Crippen LogP contribution is -2.21. The lowest BCUT2D eigenvalue weighted by atomic mass is 9.87. The van der Waals surface area contributed by atoms with Gasteiger partial charge in [-0.05, 0) is 35.7 Å². The van der Waals surface area contributed by atoms with Crippen LogP contribution in [0.5, 0.6) is 0 Å². The number of hydrogen-bond donors (Lipinski definition) is 1. The highest BCUT2D eigenvalue weighted by molar-refractivity contribution is 5.24. The molecular formula is C17H18F2O. The molecule has 0 fully saturated rings. The second kappa shape index (κ2) is 6.62. The van der Waals surface area contributed by atoms with Crippen LogP contribution >= 0.6 is 0 Å². The number of aliphatic hydroxyl groups excluding tert-OH is 1. The minimum atomic E-state index is -0.737. The van der Waals surface area contributed by atoms with E-state index in [1.54, 1.807) is 0 Å². The smallest absolute Gasteiger partial charge is 0.126 e. The molecule has 106 valence electrons. The molecular weight excluding hydrogens is 258 g/mol. The van der Waals surface area contributed by atoms with Crippen LogP contribution in [-0.4, -0.2) is 11.2 Å². The van der Waals surface area contributed by atoms with E-state index in [9.17, 15) is 13.9 Å². The average molecular weight is 276 g/mol. The van der Waals surface area contributed by atoms with Crippen LogP contribution in [0.1, 0.15) is 30.4 Å². The molecule has 0 aliphatic rings. The van der Waals surface area contributed by atoms with E-state index >= 15 is 0 Å². The Balaban J connectivity index is 2.17. The predicted octanol–water partition coefficient (Wildman–Crippen LogP) is 4.06. The highest BCUT2D eigenvalue weighted by Crippen LogP contribution is 2.26. The third kappa shape index (κ3) is 3.42. The molecule has 2 atom stereocenters. The lowest BCUT2D eigenvalue weighted by Gasteiger charge is -2.22. The van der Waals surface area contributed by atoms with Crippen LogP contribution in [-0.2, 0) is 6.42 Å². The molecule has 2 rings (SSSR count). The maximum Gasteiger partial charge on any atom is 0.126 e. The molecule has 0 amide bonds. The van der Waals surface area contributed by atoms with E-state index in [0.29, 0.717) is 0 Å². The van der Waals surface area contributed by atoms with Gasteiger partial charge in [-0.1, -0.05) is 37.3 Å². The minimum absolute atomic E-state index is 0.0844. The van der Waals surface area contributed by atoms with Gasteiger partial charge >= 0.3 is 0 Å². The Hall–Kier alpha value is -1.74. The average Bonchev–Trinajstić information content (AvgIpc) is 2.45. The van der Waals surface area contributed by atoms with Crippen molar-refractivity contribution < 1.29 is 13.9 Å². The van der Waals surface area contributed by atoms with Crippen LogP contribution in [0.15, 0.2) is 48.5 Å². The highest BCUT2D eigenvalue weighted by atomic mass is 19.1. The lowest BCUT2D eigenvalue weighted by molar-refractivity contribution is 0.139. The highest BCUT2D eigenvalue weighted by Gasteiger charge is 2.21. The Kier molecular flexibility index (Phi) is 4.85. The molecule has 2 unspecified atom stereocenters. The van der Waals surface area contributed by atoms with Crippen molar-refractivity contribution in [1.29, 1.82) is 0 Å². The fraction of sp³-hybridized carbons (Fsp3) is 0.294. The maximum absolute atomic E-state index is 13.6. The Morgan fingerprint density at radius 2 is 1.75 bits per heavy atom. The van der Waals surface area contributed by atoms with Gasteiger partial charge in [-0.25, -0.2) is 8.78 Å². The monoisotopic (exact) mass is 276 g/mol. The van der Waals surface area contributed by atoms with E-state index in [2.05, 4.69) is 0 Å². The van der Waals surface area contributed by atoms with Crippen molar-refractivity contribution in [3.8, 4) is 0 Å². The zero-order chi connectivity index (χ0) is 14.5. The fourth-order valence-corrected chi connectivity index (χ4v) is 2.50. The van der Waals surface area contributed by atoms with Crippen molar-refractivity contribution >= 4 is 0 Å². The van der Waals surface area contributed by atoms with Crippen molar-refractivity contribution in [1.82, 2.24) is 0 Å². The van der Waals surface area contributed by atoms with Gasteiger partial charge in [-0.2, -0.15) is 0 Å². The van der Waals surface area contributed by atoms with Crippen molar-refractivity contribution in [2.75, 3.05) is 0 Å². The van der Waals surface area contributed by atoms with Crippen molar-refractivity contribution in [3.63, 3.8) is 0 Å². The number of rotatable bonds is 5. The molecule has 0 saturated heterocycles. The van der Waals surface area contributed by atoms with Gasteiger partial charge in [0.1, 0.15) is 11.6 Å². The summed E-state index contributed by atoms with van der Waals surface area (Å²) in [4.78, 5) is 0. The van der Waals surface area contributed by atoms with Gasteiger partial charge in [0.25, 0.3) is 0 Å². The SMILES string of the molecule is CCC(c1ccccc1)C(O)Cc1cc(F)ccc1F. The first-order chi connectivity index (χ1) is 9.61. The molecule has 0 heterocycles. The van der Waals surface area contributed by atoms with Crippen LogP contribution in [0.25, 0.3) is 0 Å². The molecule has 0 bridgehead atoms. The van der Waals surface area contributed by atoms with Gasteiger partial charge in [0.2, 0.25) is 0 Å². The first kappa shape index (κ1) is 14.7. The van der Waals surface area contributed by atoms with Gasteiger partial charge in [-0.3, -0.25) is 0 Å². The van der Waals surface area contributed by atoms with Crippen molar-refractivity contribution in [3.05, 3.63) is 71.3 Å². The summed E-state index contributed by atoms with van der Waals surface area (Å²) < 4.78 is 26.8. The number of aliphatic hydroxyl groups is 1. The van der Waals surface area contributed by atoms with Gasteiger partial charge < -0.3 is 5.11 Å². The van der Waals surface area contributed by atoms with E-state index in [-0.39, 0.29) is 17.9 Å². The Bertz CT molecular complexity index is 554. The van der Waals surface area contributed by atoms with Crippen LogP contribution in [0, 0.1) is 11.6 Å². The molecule has 1 N–H and O–H groups in total. The molecule has 20 heavy (non-hydrogen) atoms. The molecule has 0 aliphatic carbocycles. The van der Waals surface area contributed by atoms with E-state index in [4.69, 9.17) is 0 Å². The summed E-state index contributed by atoms with van der Waals surface area (Å²) in [7, 11) is 0. The fourth-order valence-electron chi connectivity index (χ4n) is 2.50. The molecule has 2 aromatic rings. The Labute approximate surface area is 117 Å². The summed E-state index contributed by atoms with van der Waals surface area (Å²) in [5.41, 5.74) is 1.23. The normalized spacial score (nSPS) is 14.0. The van der Waals surface area contributed by atoms with Gasteiger partial charge in [0, 0.05) is 12.3 Å². The summed E-state index contributed by atoms with van der Waals surface area (Å²) in [6, 6.07) is 12.9. The van der Waals surface area contributed by atoms with E-state index in [1.807, 2.05) is 37.3 Å². The second-order valence-corrected chi connectivity index (χ2v) is 4.93. The number of hydrogen-bond acceptors (Lipinski definition) is 1. The van der Waals surface area contributed by atoms with E-state index in [0.717, 1.165) is 30.2 Å². The summed E-state index contributed by atoms with van der Waals surface area (Å²) in [5, 5.41) is 10.3. The second-order valence-electron chi connectivity index (χ2n) is 4.93. The van der Waals surface area contributed by atoms with Crippen LogP contribution in [0.4, 0.5) is 8.78 Å². The zero-order valence-corrected chi connectivity index (χ0v) is 11.4. The van der Waals surface area contributed by atoms with E-state index < -0.39 is 17.7 Å². The topological polar surface area (TPSA) is 20.2 Å². The Morgan fingerprint density at radius 1 is 1.05 bits per heavy atom. The molecule has 3 heteroatoms. The van der Waals surface area contributed by atoms with Gasteiger partial charge in [0.15, 0.2) is 0 Å². The summed E-state index contributed by atoms with van der Waals surface area (Å²) in [6.45, 7) is 1.98. The number of benzene rings is 2. The molecule has 1 nitrogen and oxygen atoms in total. The predicted molar refractivity (Wildman–Crippen MR) is 75.5 cm³/mol. The molecule has 0 saturated carbocycles. The summed E-state index contributed by atoms with van der Waals surface area (Å²) in [6.07, 6.45) is 0.109. The third-order valence-electron chi connectivity index (χ3n) is 3.57. The Morgan fingerprint density at radius 3 is 2.40 bits per heavy atom. The molecule has 0 aliphatic heterocycles. The van der Waals surface area contributed by atoms with Crippen LogP contribution < -0.4 is 0 Å². The molecule has 0 aromatic heterocycles. The summed E-state index contributed by atoms with van der Waals surface area (Å²) in [5.74, 6) is -1.05. The van der Waals surface area contributed by atoms with Crippen LogP contribution in [0.2, 0.25) is 0 Å². The standard InChI is InChI=1S/C17H18F2O/c1-2-15(12-6-4-3-5-7-12)17(20)11-13-10-14(18)8-9-16(13)19/h3-10,15,17,20H,2,11H2,1H3. The number of halogens is 2. The maximum atomic E-state index is 13.6. The quantitative estimate of drug-likeness (QED) is 0.873. The van der Waals surface area contributed by atoms with Crippen molar-refractivity contribution in [2.45, 2.75) is 31.8 Å². The largest absolute Gasteiger partial charge is 0.392 e. The van der Waals surface area contributed by atoms with E-state index in [1.165, 1.54) is 0 Å². The molecule has 0 spiro atoms. The zero-order valence-electron chi connectivity index (χ0n) is 11.4. The van der Waals surface area contributed by atoms with Gasteiger partial charge in [0.05, 0.1) is 6.10 Å². The summed E-state index contributed by atoms with van der Waals surface area (Å²) >= 11 is 0. The van der Waals surface area contributed by atoms with Crippen molar-refractivity contribution in [2.24, 2.45) is 0 Å². The molecule has 2 aromatic carbocycles. The third-order valence-corrected chi connectivity index (χ3v) is 3.57. The van der Waals surface area contributed by atoms with Crippen LogP contribution in [0.3, 0.4) is 0 Å². The first-order valence-corrected chi connectivity index (χ1v) is 6.78. The molecule has 0 radical (unpaired) electrons.